The van der Waals surface area contributed by atoms with Gasteiger partial charge in [-0.1, -0.05) is 11.6 Å². The quantitative estimate of drug-likeness (QED) is 0.651. The zero-order valence-corrected chi connectivity index (χ0v) is 8.80. The number of nitrogens with zero attached hydrogens (tertiary/aromatic N) is 1. The Labute approximate surface area is 86.7 Å². The molecule has 1 aromatic carbocycles. The van der Waals surface area contributed by atoms with Crippen LogP contribution in [0.1, 0.15) is 5.56 Å². The summed E-state index contributed by atoms with van der Waals surface area (Å²) in [5.41, 5.74) is 1.84. The molecule has 0 bridgehead atoms. The third-order valence-electron chi connectivity index (χ3n) is 2.37. The number of pyridine rings is 1. The molecule has 2 nitrogen and oxygen atoms in total. The summed E-state index contributed by atoms with van der Waals surface area (Å²) in [5, 5.41) is 1.41. The van der Waals surface area contributed by atoms with Crippen LogP contribution in [0.25, 0.3) is 10.9 Å². The fourth-order valence-corrected chi connectivity index (χ4v) is 1.67. The number of benzene rings is 1. The number of halogens is 1. The van der Waals surface area contributed by atoms with Gasteiger partial charge in [0.15, 0.2) is 5.43 Å². The van der Waals surface area contributed by atoms with E-state index < -0.39 is 0 Å². The van der Waals surface area contributed by atoms with E-state index in [0.717, 1.165) is 16.5 Å². The van der Waals surface area contributed by atoms with Crippen LogP contribution in [0.5, 0.6) is 0 Å². The molecule has 72 valence electrons. The average molecular weight is 208 g/mol. The van der Waals surface area contributed by atoms with Crippen molar-refractivity contribution in [3.8, 4) is 0 Å². The minimum atomic E-state index is 0.0397. The summed E-state index contributed by atoms with van der Waals surface area (Å²) in [6, 6.07) is 5.23. The molecule has 1 heterocycles. The monoisotopic (exact) mass is 207 g/mol. The molecule has 1 aromatic heterocycles. The van der Waals surface area contributed by atoms with Gasteiger partial charge in [0.2, 0.25) is 0 Å². The van der Waals surface area contributed by atoms with Gasteiger partial charge in [-0.15, -0.1) is 0 Å². The minimum absolute atomic E-state index is 0.0397. The molecule has 0 aliphatic rings. The topological polar surface area (TPSA) is 22.0 Å². The second kappa shape index (κ2) is 3.14. The largest absolute Gasteiger partial charge is 0.350 e. The lowest BCUT2D eigenvalue weighted by Gasteiger charge is -2.06. The third-order valence-corrected chi connectivity index (χ3v) is 2.78. The fraction of sp³-hybridized carbons (Fsp3) is 0.182. The maximum absolute atomic E-state index is 11.5. The Morgan fingerprint density at radius 2 is 2.07 bits per heavy atom. The Morgan fingerprint density at radius 3 is 2.79 bits per heavy atom. The molecule has 0 radical (unpaired) electrons. The molecular formula is C11H10ClNO. The zero-order chi connectivity index (χ0) is 10.3. The highest BCUT2D eigenvalue weighted by atomic mass is 35.5. The predicted molar refractivity (Wildman–Crippen MR) is 58.9 cm³/mol. The van der Waals surface area contributed by atoms with Crippen LogP contribution in [0.15, 0.2) is 29.2 Å². The molecule has 2 aromatic rings. The molecule has 0 aliphatic carbocycles. The Balaban J connectivity index is 3.02. The summed E-state index contributed by atoms with van der Waals surface area (Å²) >= 11 is 6.00. The van der Waals surface area contributed by atoms with Crippen LogP contribution in [0.2, 0.25) is 5.02 Å². The van der Waals surface area contributed by atoms with Crippen molar-refractivity contribution in [1.29, 1.82) is 0 Å². The highest BCUT2D eigenvalue weighted by Crippen LogP contribution is 2.20. The molecule has 0 amide bonds. The van der Waals surface area contributed by atoms with Gasteiger partial charge in [-0.3, -0.25) is 4.79 Å². The van der Waals surface area contributed by atoms with Crippen LogP contribution in [0.4, 0.5) is 0 Å². The van der Waals surface area contributed by atoms with Gasteiger partial charge in [0, 0.05) is 29.7 Å². The first-order chi connectivity index (χ1) is 6.59. The van der Waals surface area contributed by atoms with Gasteiger partial charge in [-0.05, 0) is 24.6 Å². The van der Waals surface area contributed by atoms with E-state index in [2.05, 4.69) is 0 Å². The van der Waals surface area contributed by atoms with Gasteiger partial charge in [0.25, 0.3) is 0 Å². The van der Waals surface area contributed by atoms with E-state index in [0.29, 0.717) is 5.02 Å². The van der Waals surface area contributed by atoms with Crippen LogP contribution < -0.4 is 5.43 Å². The molecule has 0 saturated carbocycles. The zero-order valence-electron chi connectivity index (χ0n) is 8.04. The van der Waals surface area contributed by atoms with Gasteiger partial charge >= 0.3 is 0 Å². The number of hydrogen-bond donors (Lipinski definition) is 0. The Hall–Kier alpha value is -1.28. The highest BCUT2D eigenvalue weighted by molar-refractivity contribution is 6.32. The van der Waals surface area contributed by atoms with Crippen molar-refractivity contribution in [2.75, 3.05) is 0 Å². The number of aromatic nitrogens is 1. The van der Waals surface area contributed by atoms with Crippen LogP contribution in [-0.4, -0.2) is 4.57 Å². The molecule has 14 heavy (non-hydrogen) atoms. The summed E-state index contributed by atoms with van der Waals surface area (Å²) < 4.78 is 1.89. The van der Waals surface area contributed by atoms with Gasteiger partial charge in [-0.25, -0.2) is 0 Å². The van der Waals surface area contributed by atoms with E-state index in [-0.39, 0.29) is 5.43 Å². The summed E-state index contributed by atoms with van der Waals surface area (Å²) in [6.45, 7) is 1.90. The van der Waals surface area contributed by atoms with E-state index in [1.165, 1.54) is 0 Å². The van der Waals surface area contributed by atoms with Crippen molar-refractivity contribution in [2.24, 2.45) is 7.05 Å². The molecule has 0 fully saturated rings. The molecule has 2 rings (SSSR count). The van der Waals surface area contributed by atoms with Crippen molar-refractivity contribution in [3.63, 3.8) is 0 Å². The van der Waals surface area contributed by atoms with Crippen LogP contribution in [0, 0.1) is 6.92 Å². The lowest BCUT2D eigenvalue weighted by Crippen LogP contribution is -2.05. The first-order valence-corrected chi connectivity index (χ1v) is 4.73. The molecule has 0 unspecified atom stereocenters. The molecule has 0 aliphatic heterocycles. The summed E-state index contributed by atoms with van der Waals surface area (Å²) in [5.74, 6) is 0. The van der Waals surface area contributed by atoms with Gasteiger partial charge in [0.05, 0.1) is 5.52 Å². The summed E-state index contributed by atoms with van der Waals surface area (Å²) in [7, 11) is 1.90. The Kier molecular flexibility index (Phi) is 2.08. The number of fused-ring (bicyclic) bond motifs is 1. The SMILES string of the molecule is Cc1cc2c(=O)ccn(C)c2cc1Cl. The van der Waals surface area contributed by atoms with E-state index in [9.17, 15) is 4.79 Å². The van der Waals surface area contributed by atoms with Crippen molar-refractivity contribution in [3.05, 3.63) is 45.2 Å². The van der Waals surface area contributed by atoms with Crippen molar-refractivity contribution in [2.45, 2.75) is 6.92 Å². The predicted octanol–water partition coefficient (Wildman–Crippen LogP) is 2.50. The first kappa shape index (κ1) is 9.28. The van der Waals surface area contributed by atoms with Gasteiger partial charge in [-0.2, -0.15) is 0 Å². The number of rotatable bonds is 0. The molecule has 0 saturated heterocycles. The van der Waals surface area contributed by atoms with Gasteiger partial charge in [0.1, 0.15) is 0 Å². The molecule has 0 N–H and O–H groups in total. The van der Waals surface area contributed by atoms with E-state index in [1.807, 2.05) is 30.7 Å². The lowest BCUT2D eigenvalue weighted by molar-refractivity contribution is 0.950. The van der Waals surface area contributed by atoms with Crippen LogP contribution in [0.3, 0.4) is 0 Å². The van der Waals surface area contributed by atoms with E-state index in [4.69, 9.17) is 11.6 Å². The normalized spacial score (nSPS) is 10.8. The first-order valence-electron chi connectivity index (χ1n) is 4.35. The Morgan fingerprint density at radius 1 is 1.36 bits per heavy atom. The van der Waals surface area contributed by atoms with E-state index >= 15 is 0 Å². The lowest BCUT2D eigenvalue weighted by atomic mass is 10.1. The average Bonchev–Trinajstić information content (AvgIpc) is 2.15. The number of aryl methyl sites for hydroxylation is 2. The van der Waals surface area contributed by atoms with E-state index in [1.54, 1.807) is 12.3 Å². The molecule has 0 atom stereocenters. The molecule has 3 heteroatoms. The smallest absolute Gasteiger partial charge is 0.189 e. The third kappa shape index (κ3) is 1.32. The second-order valence-electron chi connectivity index (χ2n) is 3.41. The summed E-state index contributed by atoms with van der Waals surface area (Å²) in [6.07, 6.45) is 1.75. The fourth-order valence-electron chi connectivity index (χ4n) is 1.51. The minimum Gasteiger partial charge on any atom is -0.350 e. The van der Waals surface area contributed by atoms with Crippen LogP contribution >= 0.6 is 11.6 Å². The van der Waals surface area contributed by atoms with Crippen molar-refractivity contribution in [1.82, 2.24) is 4.57 Å². The molecule has 0 spiro atoms. The number of hydrogen-bond acceptors (Lipinski definition) is 1. The molecular weight excluding hydrogens is 198 g/mol. The Bertz CT molecular complexity index is 557. The highest BCUT2D eigenvalue weighted by Gasteiger charge is 2.03. The summed E-state index contributed by atoms with van der Waals surface area (Å²) in [4.78, 5) is 11.5. The van der Waals surface area contributed by atoms with Gasteiger partial charge < -0.3 is 4.57 Å². The second-order valence-corrected chi connectivity index (χ2v) is 3.82. The van der Waals surface area contributed by atoms with Crippen LogP contribution in [-0.2, 0) is 7.05 Å². The maximum Gasteiger partial charge on any atom is 0.189 e. The maximum atomic E-state index is 11.5. The standard InChI is InChI=1S/C11H10ClNO/c1-7-5-8-10(6-9(7)12)13(2)4-3-11(8)14/h3-6H,1-2H3. The van der Waals surface area contributed by atoms with Crippen molar-refractivity contribution >= 4 is 22.5 Å². The van der Waals surface area contributed by atoms with Crippen molar-refractivity contribution < 1.29 is 0 Å².